The van der Waals surface area contributed by atoms with Crippen LogP contribution in [-0.4, -0.2) is 75.2 Å². The van der Waals surface area contributed by atoms with Crippen molar-refractivity contribution in [3.63, 3.8) is 0 Å². The average molecular weight is 527 g/mol. The number of aliphatic hydroxyl groups is 1. The van der Waals surface area contributed by atoms with Crippen molar-refractivity contribution in [3.05, 3.63) is 53.7 Å². The molecule has 0 amide bonds. The third-order valence-electron chi connectivity index (χ3n) is 8.27. The van der Waals surface area contributed by atoms with Crippen LogP contribution in [0.5, 0.6) is 5.75 Å². The highest BCUT2D eigenvalue weighted by atomic mass is 16.5. The van der Waals surface area contributed by atoms with Crippen LogP contribution in [0.2, 0.25) is 0 Å². The van der Waals surface area contributed by atoms with Crippen LogP contribution in [0.25, 0.3) is 33.5 Å². The second kappa shape index (κ2) is 9.61. The molecule has 204 valence electrons. The molecule has 1 N–H and O–H groups in total. The van der Waals surface area contributed by atoms with E-state index in [9.17, 15) is 5.11 Å². The minimum Gasteiger partial charge on any atom is -0.494 e. The molecule has 0 unspecified atom stereocenters. The minimum atomic E-state index is -0.247. The molecule has 4 aromatic rings. The van der Waals surface area contributed by atoms with Gasteiger partial charge < -0.3 is 14.7 Å². The second-order valence-corrected chi connectivity index (χ2v) is 12.0. The maximum absolute atomic E-state index is 10.1. The lowest BCUT2D eigenvalue weighted by Crippen LogP contribution is -2.50. The number of ether oxygens (including phenoxy) is 1. The highest BCUT2D eigenvalue weighted by Crippen LogP contribution is 2.38. The first-order chi connectivity index (χ1) is 18.6. The molecule has 5 heterocycles. The zero-order valence-corrected chi connectivity index (χ0v) is 23.8. The number of hydrogen-bond acceptors (Lipinski definition) is 7. The maximum Gasteiger partial charge on any atom is 0.147 e. The van der Waals surface area contributed by atoms with Crippen LogP contribution in [0.3, 0.4) is 0 Å². The Morgan fingerprint density at radius 2 is 1.85 bits per heavy atom. The summed E-state index contributed by atoms with van der Waals surface area (Å²) in [5.41, 5.74) is 7.57. The van der Waals surface area contributed by atoms with Crippen molar-refractivity contribution in [3.8, 4) is 28.3 Å². The van der Waals surface area contributed by atoms with Gasteiger partial charge >= 0.3 is 0 Å². The smallest absolute Gasteiger partial charge is 0.147 e. The van der Waals surface area contributed by atoms with Crippen LogP contribution < -0.4 is 9.64 Å². The monoisotopic (exact) mass is 526 g/mol. The van der Waals surface area contributed by atoms with Gasteiger partial charge in [0.15, 0.2) is 0 Å². The summed E-state index contributed by atoms with van der Waals surface area (Å²) < 4.78 is 7.90. The highest BCUT2D eigenvalue weighted by molar-refractivity contribution is 5.93. The number of aromatic nitrogens is 4. The van der Waals surface area contributed by atoms with Crippen molar-refractivity contribution in [2.24, 2.45) is 0 Å². The number of rotatable bonds is 4. The largest absolute Gasteiger partial charge is 0.494 e. The van der Waals surface area contributed by atoms with Gasteiger partial charge in [-0.3, -0.25) is 9.58 Å². The Hall–Kier alpha value is -3.49. The van der Waals surface area contributed by atoms with E-state index >= 15 is 0 Å². The van der Waals surface area contributed by atoms with Gasteiger partial charge in [0.25, 0.3) is 0 Å². The molecule has 39 heavy (non-hydrogen) atoms. The number of anilines is 1. The molecule has 2 atom stereocenters. The van der Waals surface area contributed by atoms with Gasteiger partial charge in [-0.25, -0.2) is 9.97 Å². The molecule has 0 saturated carbocycles. The van der Waals surface area contributed by atoms with E-state index in [0.717, 1.165) is 77.7 Å². The summed E-state index contributed by atoms with van der Waals surface area (Å²) >= 11 is 0. The van der Waals surface area contributed by atoms with E-state index in [2.05, 4.69) is 80.8 Å². The molecular weight excluding hydrogens is 488 g/mol. The maximum atomic E-state index is 10.1. The third kappa shape index (κ3) is 4.55. The molecule has 3 aromatic heterocycles. The molecule has 0 spiro atoms. The standard InChI is InChI=1S/C31H38N6O2/c1-19-8-7-9-24(20(19)2)29-26(39-6)15-25-30(33-29)28(34-37(25)31(3,4)5)21-10-11-27(32-16-21)36-13-12-35-18-23(38)14-22(35)17-36/h7-11,15-16,22-23,38H,12-14,17-18H2,1-6H3/t22-,23+/m0/s1. The fraction of sp³-hybridized carbons (Fsp3) is 0.452. The molecule has 6 rings (SSSR count). The van der Waals surface area contributed by atoms with Crippen LogP contribution in [0.15, 0.2) is 42.6 Å². The van der Waals surface area contributed by atoms with Gasteiger partial charge in [0.1, 0.15) is 28.5 Å². The SMILES string of the molecule is COc1cc2c(nc1-c1cccc(C)c1C)c(-c1ccc(N3CCN4C[C@H](O)C[C@H]4C3)nc1)nn2C(C)(C)C. The number of methoxy groups -OCH3 is 1. The predicted molar refractivity (Wildman–Crippen MR) is 155 cm³/mol. The van der Waals surface area contributed by atoms with Gasteiger partial charge in [-0.05, 0) is 64.3 Å². The zero-order valence-electron chi connectivity index (χ0n) is 23.8. The fourth-order valence-electron chi connectivity index (χ4n) is 6.02. The van der Waals surface area contributed by atoms with Gasteiger partial charge in [0.2, 0.25) is 0 Å². The predicted octanol–water partition coefficient (Wildman–Crippen LogP) is 4.80. The summed E-state index contributed by atoms with van der Waals surface area (Å²) in [6, 6.07) is 12.9. The molecule has 2 saturated heterocycles. The van der Waals surface area contributed by atoms with E-state index in [-0.39, 0.29) is 11.6 Å². The van der Waals surface area contributed by atoms with Crippen molar-refractivity contribution in [2.45, 2.75) is 58.7 Å². The van der Waals surface area contributed by atoms with Crippen LogP contribution in [0, 0.1) is 13.8 Å². The third-order valence-corrected chi connectivity index (χ3v) is 8.27. The summed E-state index contributed by atoms with van der Waals surface area (Å²) in [7, 11) is 1.70. The zero-order chi connectivity index (χ0) is 27.5. The van der Waals surface area contributed by atoms with E-state index in [4.69, 9.17) is 19.8 Å². The molecular formula is C31H38N6O2. The summed E-state index contributed by atoms with van der Waals surface area (Å²) in [4.78, 5) is 14.8. The molecule has 0 bridgehead atoms. The van der Waals surface area contributed by atoms with E-state index in [0.29, 0.717) is 6.04 Å². The Morgan fingerprint density at radius 1 is 1.03 bits per heavy atom. The summed E-state index contributed by atoms with van der Waals surface area (Å²) in [5, 5.41) is 15.2. The number of pyridine rings is 2. The van der Waals surface area contributed by atoms with Gasteiger partial charge in [-0.1, -0.05) is 18.2 Å². The normalized spacial score (nSPS) is 20.0. The number of fused-ring (bicyclic) bond motifs is 2. The van der Waals surface area contributed by atoms with Crippen molar-refractivity contribution in [1.29, 1.82) is 0 Å². The Labute approximate surface area is 230 Å². The number of aryl methyl sites for hydroxylation is 1. The number of hydrogen-bond donors (Lipinski definition) is 1. The Bertz CT molecular complexity index is 1520. The lowest BCUT2D eigenvalue weighted by molar-refractivity contribution is 0.173. The Kier molecular flexibility index (Phi) is 6.35. The van der Waals surface area contributed by atoms with Crippen LogP contribution in [0.4, 0.5) is 5.82 Å². The van der Waals surface area contributed by atoms with E-state index in [1.165, 1.54) is 11.1 Å². The highest BCUT2D eigenvalue weighted by Gasteiger charge is 2.35. The topological polar surface area (TPSA) is 79.5 Å². The number of aliphatic hydroxyl groups excluding tert-OH is 1. The Balaban J connectivity index is 1.43. The molecule has 2 aliphatic heterocycles. The molecule has 2 fully saturated rings. The molecule has 0 aliphatic carbocycles. The van der Waals surface area contributed by atoms with Gasteiger partial charge in [-0.2, -0.15) is 5.10 Å². The summed E-state index contributed by atoms with van der Waals surface area (Å²) in [6.07, 6.45) is 2.54. The van der Waals surface area contributed by atoms with Crippen molar-refractivity contribution in [2.75, 3.05) is 38.2 Å². The van der Waals surface area contributed by atoms with Gasteiger partial charge in [0.05, 0.1) is 24.3 Å². The Morgan fingerprint density at radius 3 is 2.56 bits per heavy atom. The summed E-state index contributed by atoms with van der Waals surface area (Å²) in [6.45, 7) is 14.2. The first kappa shape index (κ1) is 25.8. The molecule has 1 aromatic carbocycles. The van der Waals surface area contributed by atoms with E-state index in [1.807, 2.05) is 10.9 Å². The van der Waals surface area contributed by atoms with Crippen LogP contribution in [0.1, 0.15) is 38.3 Å². The number of nitrogens with zero attached hydrogens (tertiary/aromatic N) is 6. The van der Waals surface area contributed by atoms with Gasteiger partial charge in [-0.15, -0.1) is 0 Å². The number of benzene rings is 1. The second-order valence-electron chi connectivity index (χ2n) is 12.0. The molecule has 8 heteroatoms. The first-order valence-corrected chi connectivity index (χ1v) is 13.8. The molecule has 8 nitrogen and oxygen atoms in total. The van der Waals surface area contributed by atoms with E-state index in [1.54, 1.807) is 7.11 Å². The number of piperazine rings is 1. The minimum absolute atomic E-state index is 0.212. The average Bonchev–Trinajstić information content (AvgIpc) is 3.48. The fourth-order valence-corrected chi connectivity index (χ4v) is 6.02. The van der Waals surface area contributed by atoms with Crippen LogP contribution >= 0.6 is 0 Å². The van der Waals surface area contributed by atoms with Crippen molar-refractivity contribution >= 4 is 16.9 Å². The molecule has 0 radical (unpaired) electrons. The van der Waals surface area contributed by atoms with Crippen LogP contribution in [-0.2, 0) is 5.54 Å². The van der Waals surface area contributed by atoms with Gasteiger partial charge in [0, 0.05) is 55.6 Å². The quantitative estimate of drug-likeness (QED) is 0.409. The van der Waals surface area contributed by atoms with Crippen molar-refractivity contribution in [1.82, 2.24) is 24.6 Å². The summed E-state index contributed by atoms with van der Waals surface area (Å²) in [5.74, 6) is 1.70. The lowest BCUT2D eigenvalue weighted by atomic mass is 9.99. The first-order valence-electron chi connectivity index (χ1n) is 13.8. The lowest BCUT2D eigenvalue weighted by Gasteiger charge is -2.37. The van der Waals surface area contributed by atoms with Crippen molar-refractivity contribution < 1.29 is 9.84 Å². The molecule has 2 aliphatic rings. The van der Waals surface area contributed by atoms with E-state index < -0.39 is 0 Å².